The van der Waals surface area contributed by atoms with Gasteiger partial charge in [-0.1, -0.05) is 35.6 Å². The third kappa shape index (κ3) is 3.55. The van der Waals surface area contributed by atoms with Crippen molar-refractivity contribution in [1.29, 1.82) is 0 Å². The summed E-state index contributed by atoms with van der Waals surface area (Å²) in [5.74, 6) is -0.951. The monoisotopic (exact) mass is 394 g/mol. The Kier molecular flexibility index (Phi) is 4.85. The van der Waals surface area contributed by atoms with Crippen molar-refractivity contribution < 1.29 is 14.1 Å². The van der Waals surface area contributed by atoms with E-state index in [1.807, 2.05) is 0 Å². The molecule has 25 heavy (non-hydrogen) atoms. The molecule has 1 amide bonds. The fourth-order valence-corrected chi connectivity index (χ4v) is 3.63. The summed E-state index contributed by atoms with van der Waals surface area (Å²) in [6, 6.07) is 9.70. The van der Waals surface area contributed by atoms with Gasteiger partial charge in [0.2, 0.25) is 0 Å². The van der Waals surface area contributed by atoms with Crippen LogP contribution in [0.4, 0.5) is 15.8 Å². The van der Waals surface area contributed by atoms with Gasteiger partial charge in [-0.2, -0.15) is 0 Å². The Labute approximate surface area is 156 Å². The van der Waals surface area contributed by atoms with Crippen LogP contribution in [0.25, 0.3) is 6.08 Å². The number of benzene rings is 2. The second-order valence-electron chi connectivity index (χ2n) is 4.96. The Morgan fingerprint density at radius 2 is 1.92 bits per heavy atom. The molecule has 0 atom stereocenters. The van der Waals surface area contributed by atoms with Gasteiger partial charge < -0.3 is 0 Å². The van der Waals surface area contributed by atoms with Crippen LogP contribution in [-0.4, -0.2) is 15.2 Å². The van der Waals surface area contributed by atoms with E-state index >= 15 is 0 Å². The average molecular weight is 395 g/mol. The molecule has 0 aromatic heterocycles. The molecule has 1 fully saturated rings. The zero-order valence-corrected chi connectivity index (χ0v) is 14.7. The van der Waals surface area contributed by atoms with Gasteiger partial charge in [-0.05, 0) is 42.0 Å². The molecule has 0 spiro atoms. The number of amides is 1. The lowest BCUT2D eigenvalue weighted by Gasteiger charge is -2.14. The van der Waals surface area contributed by atoms with Crippen LogP contribution in [-0.2, 0) is 4.79 Å². The Balaban J connectivity index is 1.90. The summed E-state index contributed by atoms with van der Waals surface area (Å²) in [4.78, 5) is 24.4. The van der Waals surface area contributed by atoms with Crippen molar-refractivity contribution in [3.05, 3.63) is 73.9 Å². The lowest BCUT2D eigenvalue weighted by molar-refractivity contribution is -0.384. The van der Waals surface area contributed by atoms with E-state index in [0.29, 0.717) is 20.5 Å². The standard InChI is InChI=1S/C16H8ClFN2O3S2/c17-12-8-11(5-6-13(12)18)19-15(21)14(25-16(19)24)7-9-1-3-10(4-2-9)20(22)23/h1-8H/b14-7-. The molecule has 126 valence electrons. The summed E-state index contributed by atoms with van der Waals surface area (Å²) in [5.41, 5.74) is 0.967. The molecule has 0 unspecified atom stereocenters. The number of rotatable bonds is 3. The molecule has 9 heteroatoms. The maximum atomic E-state index is 13.3. The quantitative estimate of drug-likeness (QED) is 0.324. The van der Waals surface area contributed by atoms with Gasteiger partial charge in [-0.25, -0.2) is 4.39 Å². The summed E-state index contributed by atoms with van der Waals surface area (Å²) in [5, 5.41) is 10.6. The third-order valence-corrected chi connectivity index (χ3v) is 4.95. The van der Waals surface area contributed by atoms with Crippen molar-refractivity contribution in [2.24, 2.45) is 0 Å². The third-order valence-electron chi connectivity index (χ3n) is 3.36. The fraction of sp³-hybridized carbons (Fsp3) is 0. The van der Waals surface area contributed by atoms with Gasteiger partial charge in [0, 0.05) is 12.1 Å². The highest BCUT2D eigenvalue weighted by Gasteiger charge is 2.33. The molecule has 1 saturated heterocycles. The lowest BCUT2D eigenvalue weighted by atomic mass is 10.2. The highest BCUT2D eigenvalue weighted by Crippen LogP contribution is 2.37. The molecule has 1 heterocycles. The van der Waals surface area contributed by atoms with Gasteiger partial charge >= 0.3 is 0 Å². The number of nitrogens with zero attached hydrogens (tertiary/aromatic N) is 2. The molecule has 0 N–H and O–H groups in total. The Hall–Kier alpha value is -2.29. The zero-order valence-electron chi connectivity index (χ0n) is 12.3. The fourth-order valence-electron chi connectivity index (χ4n) is 2.16. The first kappa shape index (κ1) is 17.5. The first-order chi connectivity index (χ1) is 11.9. The normalized spacial score (nSPS) is 15.9. The first-order valence-corrected chi connectivity index (χ1v) is 8.44. The largest absolute Gasteiger partial charge is 0.270 e. The number of hydrogen-bond donors (Lipinski definition) is 0. The second-order valence-corrected chi connectivity index (χ2v) is 7.05. The molecular weight excluding hydrogens is 387 g/mol. The molecular formula is C16H8ClFN2O3S2. The van der Waals surface area contributed by atoms with Gasteiger partial charge in [0.25, 0.3) is 11.6 Å². The van der Waals surface area contributed by atoms with Crippen molar-refractivity contribution in [2.45, 2.75) is 0 Å². The van der Waals surface area contributed by atoms with Crippen LogP contribution < -0.4 is 4.90 Å². The Morgan fingerprint density at radius 3 is 2.52 bits per heavy atom. The van der Waals surface area contributed by atoms with Gasteiger partial charge in [-0.15, -0.1) is 0 Å². The minimum Gasteiger partial charge on any atom is -0.268 e. The highest BCUT2D eigenvalue weighted by molar-refractivity contribution is 8.27. The van der Waals surface area contributed by atoms with E-state index < -0.39 is 10.7 Å². The number of halogens is 2. The van der Waals surface area contributed by atoms with E-state index in [1.165, 1.54) is 29.2 Å². The molecule has 3 rings (SSSR count). The molecule has 0 bridgehead atoms. The van der Waals surface area contributed by atoms with Gasteiger partial charge in [-0.3, -0.25) is 19.8 Å². The number of carbonyl (C=O) groups is 1. The van der Waals surface area contributed by atoms with Gasteiger partial charge in [0.05, 0.1) is 20.5 Å². The van der Waals surface area contributed by atoms with Crippen LogP contribution in [0.1, 0.15) is 5.56 Å². The molecule has 0 radical (unpaired) electrons. The second kappa shape index (κ2) is 6.91. The number of nitro groups is 1. The van der Waals surface area contributed by atoms with Crippen LogP contribution in [0, 0.1) is 15.9 Å². The molecule has 0 aliphatic carbocycles. The average Bonchev–Trinajstić information content (AvgIpc) is 2.85. The number of thioether (sulfide) groups is 1. The van der Waals surface area contributed by atoms with Crippen molar-refractivity contribution in [3.63, 3.8) is 0 Å². The molecule has 1 aliphatic rings. The Bertz CT molecular complexity index is 931. The predicted molar refractivity (Wildman–Crippen MR) is 100 cm³/mol. The summed E-state index contributed by atoms with van der Waals surface area (Å²) in [6.07, 6.45) is 1.59. The zero-order chi connectivity index (χ0) is 18.1. The number of thiocarbonyl (C=S) groups is 1. The van der Waals surface area contributed by atoms with Crippen molar-refractivity contribution in [3.8, 4) is 0 Å². The SMILES string of the molecule is O=C1/C(=C/c2ccc([N+](=O)[O-])cc2)SC(=S)N1c1ccc(F)c(Cl)c1. The first-order valence-electron chi connectivity index (χ1n) is 6.84. The number of non-ortho nitro benzene ring substituents is 1. The maximum absolute atomic E-state index is 13.3. The maximum Gasteiger partial charge on any atom is 0.270 e. The lowest BCUT2D eigenvalue weighted by Crippen LogP contribution is -2.27. The number of nitro benzene ring substituents is 1. The molecule has 2 aromatic carbocycles. The van der Waals surface area contributed by atoms with Crippen LogP contribution >= 0.6 is 35.6 Å². The molecule has 1 aliphatic heterocycles. The van der Waals surface area contributed by atoms with E-state index in [-0.39, 0.29) is 16.6 Å². The minimum atomic E-state index is -0.586. The van der Waals surface area contributed by atoms with Crippen molar-refractivity contribution in [2.75, 3.05) is 4.90 Å². The smallest absolute Gasteiger partial charge is 0.268 e. The topological polar surface area (TPSA) is 63.4 Å². The van der Waals surface area contributed by atoms with E-state index in [4.69, 9.17) is 23.8 Å². The van der Waals surface area contributed by atoms with Crippen molar-refractivity contribution in [1.82, 2.24) is 0 Å². The van der Waals surface area contributed by atoms with Gasteiger partial charge in [0.1, 0.15) is 5.82 Å². The Morgan fingerprint density at radius 1 is 1.24 bits per heavy atom. The number of anilines is 1. The molecule has 2 aromatic rings. The molecule has 0 saturated carbocycles. The predicted octanol–water partition coefficient (Wildman–Crippen LogP) is 4.79. The van der Waals surface area contributed by atoms with E-state index in [1.54, 1.807) is 18.2 Å². The summed E-state index contributed by atoms with van der Waals surface area (Å²) in [7, 11) is 0. The molecule has 5 nitrogen and oxygen atoms in total. The van der Waals surface area contributed by atoms with Gasteiger partial charge in [0.15, 0.2) is 4.32 Å². The summed E-state index contributed by atoms with van der Waals surface area (Å²) in [6.45, 7) is 0. The van der Waals surface area contributed by atoms with E-state index in [0.717, 1.165) is 17.8 Å². The highest BCUT2D eigenvalue weighted by atomic mass is 35.5. The van der Waals surface area contributed by atoms with Crippen LogP contribution in [0.15, 0.2) is 47.4 Å². The minimum absolute atomic E-state index is 0.0364. The van der Waals surface area contributed by atoms with Crippen LogP contribution in [0.5, 0.6) is 0 Å². The van der Waals surface area contributed by atoms with E-state index in [9.17, 15) is 19.3 Å². The summed E-state index contributed by atoms with van der Waals surface area (Å²) >= 11 is 12.1. The number of hydrogen-bond acceptors (Lipinski definition) is 5. The van der Waals surface area contributed by atoms with E-state index in [2.05, 4.69) is 0 Å². The number of carbonyl (C=O) groups excluding carboxylic acids is 1. The van der Waals surface area contributed by atoms with Crippen molar-refractivity contribution >= 4 is 63.3 Å². The van der Waals surface area contributed by atoms with Crippen LogP contribution in [0.2, 0.25) is 5.02 Å². The summed E-state index contributed by atoms with van der Waals surface area (Å²) < 4.78 is 13.6. The van der Waals surface area contributed by atoms with Crippen LogP contribution in [0.3, 0.4) is 0 Å².